The van der Waals surface area contributed by atoms with Crippen molar-refractivity contribution in [1.29, 1.82) is 0 Å². The summed E-state index contributed by atoms with van der Waals surface area (Å²) in [5.74, 6) is 0. The maximum atomic E-state index is 4.24. The summed E-state index contributed by atoms with van der Waals surface area (Å²) < 4.78 is 1.86. The molecule has 1 N–H and O–H groups in total. The summed E-state index contributed by atoms with van der Waals surface area (Å²) in [7, 11) is 1.96. The third-order valence-corrected chi connectivity index (χ3v) is 4.44. The van der Waals surface area contributed by atoms with Gasteiger partial charge in [0.25, 0.3) is 0 Å². The second kappa shape index (κ2) is 5.67. The molecule has 0 spiro atoms. The van der Waals surface area contributed by atoms with Crippen molar-refractivity contribution in [3.05, 3.63) is 39.3 Å². The fourth-order valence-electron chi connectivity index (χ4n) is 2.11. The van der Waals surface area contributed by atoms with Crippen LogP contribution in [0.3, 0.4) is 0 Å². The largest absolute Gasteiger partial charge is 0.309 e. The first kappa shape index (κ1) is 13.3. The van der Waals surface area contributed by atoms with Crippen molar-refractivity contribution in [1.82, 2.24) is 15.1 Å². The van der Waals surface area contributed by atoms with Gasteiger partial charge in [-0.2, -0.15) is 5.10 Å². The average Bonchev–Trinajstić information content (AvgIpc) is 2.86. The Morgan fingerprint density at radius 2 is 2.22 bits per heavy atom. The summed E-state index contributed by atoms with van der Waals surface area (Å²) in [5, 5.41) is 7.81. The van der Waals surface area contributed by atoms with Crippen LogP contribution in [-0.2, 0) is 13.5 Å². The smallest absolute Gasteiger partial charge is 0.0522 e. The van der Waals surface area contributed by atoms with Crippen LogP contribution in [0.15, 0.2) is 18.5 Å². The molecule has 2 heterocycles. The van der Waals surface area contributed by atoms with Crippen molar-refractivity contribution < 1.29 is 0 Å². The fourth-order valence-corrected chi connectivity index (χ4v) is 3.22. The number of aryl methyl sites for hydroxylation is 3. The van der Waals surface area contributed by atoms with E-state index >= 15 is 0 Å². The highest BCUT2D eigenvalue weighted by atomic mass is 32.1. The molecule has 3 nitrogen and oxygen atoms in total. The lowest BCUT2D eigenvalue weighted by Gasteiger charge is -2.15. The molecule has 2 aromatic rings. The number of nitrogens with one attached hydrogen (secondary N) is 1. The Labute approximate surface area is 113 Å². The van der Waals surface area contributed by atoms with E-state index in [1.165, 1.54) is 20.9 Å². The zero-order valence-electron chi connectivity index (χ0n) is 11.5. The van der Waals surface area contributed by atoms with Crippen LogP contribution in [0.25, 0.3) is 0 Å². The molecule has 0 aliphatic rings. The van der Waals surface area contributed by atoms with Gasteiger partial charge >= 0.3 is 0 Å². The normalized spacial score (nSPS) is 12.9. The van der Waals surface area contributed by atoms with Crippen LogP contribution in [0, 0.1) is 13.8 Å². The van der Waals surface area contributed by atoms with Crippen LogP contribution in [0.4, 0.5) is 0 Å². The van der Waals surface area contributed by atoms with E-state index in [0.29, 0.717) is 6.04 Å². The molecular weight excluding hydrogens is 242 g/mol. The third-order valence-electron chi connectivity index (χ3n) is 3.18. The summed E-state index contributed by atoms with van der Waals surface area (Å²) in [6.07, 6.45) is 5.05. The lowest BCUT2D eigenvalue weighted by atomic mass is 10.1. The number of rotatable bonds is 5. The highest BCUT2D eigenvalue weighted by Gasteiger charge is 2.15. The van der Waals surface area contributed by atoms with Gasteiger partial charge in [-0.3, -0.25) is 4.68 Å². The predicted octanol–water partition coefficient (Wildman–Crippen LogP) is 2.99. The lowest BCUT2D eigenvalue weighted by Crippen LogP contribution is -2.21. The second-order valence-electron chi connectivity index (χ2n) is 4.72. The third kappa shape index (κ3) is 3.00. The Hall–Kier alpha value is -1.13. The zero-order chi connectivity index (χ0) is 13.1. The fraction of sp³-hybridized carbons (Fsp3) is 0.500. The van der Waals surface area contributed by atoms with Crippen LogP contribution in [-0.4, -0.2) is 16.3 Å². The molecule has 98 valence electrons. The highest BCUT2D eigenvalue weighted by molar-refractivity contribution is 7.12. The van der Waals surface area contributed by atoms with Crippen LogP contribution in [0.1, 0.15) is 33.8 Å². The predicted molar refractivity (Wildman–Crippen MR) is 77.1 cm³/mol. The molecule has 0 aliphatic heterocycles. The molecule has 0 aromatic carbocycles. The second-order valence-corrected chi connectivity index (χ2v) is 6.01. The number of nitrogens with zero attached hydrogens (tertiary/aromatic N) is 2. The van der Waals surface area contributed by atoms with Gasteiger partial charge in [-0.25, -0.2) is 0 Å². The van der Waals surface area contributed by atoms with Crippen molar-refractivity contribution in [2.45, 2.75) is 33.2 Å². The minimum Gasteiger partial charge on any atom is -0.309 e. The van der Waals surface area contributed by atoms with Gasteiger partial charge in [0.15, 0.2) is 0 Å². The maximum Gasteiger partial charge on any atom is 0.0522 e. The molecular formula is C14H21N3S. The Balaban J connectivity index is 2.17. The Bertz CT molecular complexity index is 493. The summed E-state index contributed by atoms with van der Waals surface area (Å²) >= 11 is 1.90. The Morgan fingerprint density at radius 3 is 2.72 bits per heavy atom. The first-order valence-corrected chi connectivity index (χ1v) is 7.19. The van der Waals surface area contributed by atoms with Crippen LogP contribution >= 0.6 is 11.3 Å². The van der Waals surface area contributed by atoms with E-state index < -0.39 is 0 Å². The average molecular weight is 263 g/mol. The van der Waals surface area contributed by atoms with Gasteiger partial charge in [-0.15, -0.1) is 11.3 Å². The monoisotopic (exact) mass is 263 g/mol. The molecule has 0 fully saturated rings. The molecule has 0 saturated carbocycles. The van der Waals surface area contributed by atoms with Crippen LogP contribution < -0.4 is 5.32 Å². The van der Waals surface area contributed by atoms with Gasteiger partial charge in [-0.05, 0) is 44.0 Å². The van der Waals surface area contributed by atoms with E-state index in [4.69, 9.17) is 0 Å². The van der Waals surface area contributed by atoms with Gasteiger partial charge in [0, 0.05) is 29.0 Å². The Morgan fingerprint density at radius 1 is 1.44 bits per heavy atom. The van der Waals surface area contributed by atoms with E-state index in [-0.39, 0.29) is 0 Å². The number of aromatic nitrogens is 2. The minimum atomic E-state index is 0.400. The molecule has 0 amide bonds. The maximum absolute atomic E-state index is 4.24. The van der Waals surface area contributed by atoms with E-state index in [0.717, 1.165) is 13.0 Å². The van der Waals surface area contributed by atoms with Crippen LogP contribution in [0.5, 0.6) is 0 Å². The van der Waals surface area contributed by atoms with Gasteiger partial charge in [0.2, 0.25) is 0 Å². The molecule has 0 aliphatic carbocycles. The van der Waals surface area contributed by atoms with Crippen molar-refractivity contribution >= 4 is 11.3 Å². The van der Waals surface area contributed by atoms with Gasteiger partial charge in [0.05, 0.1) is 6.20 Å². The minimum absolute atomic E-state index is 0.400. The van der Waals surface area contributed by atoms with Crippen molar-refractivity contribution in [2.24, 2.45) is 7.05 Å². The summed E-state index contributed by atoms with van der Waals surface area (Å²) in [5.41, 5.74) is 2.68. The summed E-state index contributed by atoms with van der Waals surface area (Å²) in [6, 6.07) is 2.71. The number of likely N-dealkylation sites (N-methyl/N-ethyl adjacent to an activating group) is 1. The zero-order valence-corrected chi connectivity index (χ0v) is 12.3. The standard InChI is InChI=1S/C14H21N3S/c1-5-15-13(7-12-8-16-17(4)9-12)14-6-10(2)11(3)18-14/h6,8-9,13,15H,5,7H2,1-4H3. The SMILES string of the molecule is CCNC(Cc1cnn(C)c1)c1cc(C)c(C)s1. The first-order valence-electron chi connectivity index (χ1n) is 6.38. The summed E-state index contributed by atoms with van der Waals surface area (Å²) in [6.45, 7) is 7.52. The highest BCUT2D eigenvalue weighted by Crippen LogP contribution is 2.28. The molecule has 4 heteroatoms. The summed E-state index contributed by atoms with van der Waals surface area (Å²) in [4.78, 5) is 2.84. The molecule has 0 saturated heterocycles. The van der Waals surface area contributed by atoms with Gasteiger partial charge in [0.1, 0.15) is 0 Å². The number of hydrogen-bond donors (Lipinski definition) is 1. The van der Waals surface area contributed by atoms with E-state index in [9.17, 15) is 0 Å². The van der Waals surface area contributed by atoms with Crippen molar-refractivity contribution in [2.75, 3.05) is 6.54 Å². The van der Waals surface area contributed by atoms with Gasteiger partial charge < -0.3 is 5.32 Å². The molecule has 18 heavy (non-hydrogen) atoms. The molecule has 2 aromatic heterocycles. The van der Waals surface area contributed by atoms with Crippen molar-refractivity contribution in [3.63, 3.8) is 0 Å². The van der Waals surface area contributed by atoms with Gasteiger partial charge in [-0.1, -0.05) is 6.92 Å². The topological polar surface area (TPSA) is 29.9 Å². The van der Waals surface area contributed by atoms with E-state index in [1.807, 2.05) is 29.3 Å². The van der Waals surface area contributed by atoms with E-state index in [2.05, 4.69) is 43.4 Å². The molecule has 0 radical (unpaired) electrons. The number of hydrogen-bond acceptors (Lipinski definition) is 3. The van der Waals surface area contributed by atoms with Crippen molar-refractivity contribution in [3.8, 4) is 0 Å². The Kier molecular flexibility index (Phi) is 4.19. The lowest BCUT2D eigenvalue weighted by molar-refractivity contribution is 0.558. The van der Waals surface area contributed by atoms with E-state index in [1.54, 1.807) is 0 Å². The first-order chi connectivity index (χ1) is 8.60. The molecule has 1 atom stereocenters. The quantitative estimate of drug-likeness (QED) is 0.898. The molecule has 0 bridgehead atoms. The molecule has 2 rings (SSSR count). The van der Waals surface area contributed by atoms with Crippen LogP contribution in [0.2, 0.25) is 0 Å². The number of thiophene rings is 1. The molecule has 1 unspecified atom stereocenters.